The Bertz CT molecular complexity index is 845. The topological polar surface area (TPSA) is 101 Å². The van der Waals surface area contributed by atoms with Crippen LogP contribution in [0, 0.1) is 6.92 Å². The van der Waals surface area contributed by atoms with Gasteiger partial charge in [0.05, 0.1) is 17.2 Å². The predicted molar refractivity (Wildman–Crippen MR) is 88.1 cm³/mol. The predicted octanol–water partition coefficient (Wildman–Crippen LogP) is 1.64. The van der Waals surface area contributed by atoms with Crippen molar-refractivity contribution in [2.24, 2.45) is 0 Å². The van der Waals surface area contributed by atoms with Crippen molar-refractivity contribution in [1.29, 1.82) is 0 Å². The van der Waals surface area contributed by atoms with Crippen LogP contribution in [0.15, 0.2) is 18.3 Å². The van der Waals surface area contributed by atoms with Crippen LogP contribution in [0.2, 0.25) is 0 Å². The number of carbonyl (C=O) groups excluding carboxylic acids is 1. The lowest BCUT2D eigenvalue weighted by Crippen LogP contribution is -2.28. The van der Waals surface area contributed by atoms with Crippen LogP contribution in [0.1, 0.15) is 21.8 Å². The van der Waals surface area contributed by atoms with Crippen LogP contribution in [0.25, 0.3) is 0 Å². The summed E-state index contributed by atoms with van der Waals surface area (Å²) in [5.41, 5.74) is 2.57. The van der Waals surface area contributed by atoms with Crippen molar-refractivity contribution in [3.8, 4) is 0 Å². The minimum atomic E-state index is -3.03. The second-order valence-corrected chi connectivity index (χ2v) is 8.55. The molecule has 1 aliphatic heterocycles. The summed E-state index contributed by atoms with van der Waals surface area (Å²) in [6, 6.07) is 3.34. The van der Waals surface area contributed by atoms with E-state index in [1.54, 1.807) is 6.20 Å². The Kier molecular flexibility index (Phi) is 4.31. The first-order valence-electron chi connectivity index (χ1n) is 7.07. The van der Waals surface area contributed by atoms with E-state index in [0.29, 0.717) is 18.1 Å². The summed E-state index contributed by atoms with van der Waals surface area (Å²) in [5.74, 6) is 0.133. The van der Waals surface area contributed by atoms with Gasteiger partial charge in [-0.15, -0.1) is 11.3 Å². The van der Waals surface area contributed by atoms with E-state index in [-0.39, 0.29) is 17.5 Å². The number of fused-ring (bicyclic) bond motifs is 1. The molecule has 0 radical (unpaired) electrons. The lowest BCUT2D eigenvalue weighted by molar-refractivity contribution is 0.251. The van der Waals surface area contributed by atoms with E-state index in [4.69, 9.17) is 0 Å². The molecule has 122 valence electrons. The summed E-state index contributed by atoms with van der Waals surface area (Å²) in [6.07, 6.45) is 2.11. The molecule has 0 aliphatic carbocycles. The summed E-state index contributed by atoms with van der Waals surface area (Å²) in [6.45, 7) is 2.25. The summed E-state index contributed by atoms with van der Waals surface area (Å²) >= 11 is 1.22. The second kappa shape index (κ2) is 6.25. The highest BCUT2D eigenvalue weighted by molar-refractivity contribution is 7.90. The van der Waals surface area contributed by atoms with Gasteiger partial charge in [-0.3, -0.25) is 10.3 Å². The number of carbonyl (C=O) groups is 1. The van der Waals surface area contributed by atoms with Crippen LogP contribution < -0.4 is 10.6 Å². The smallest absolute Gasteiger partial charge is 0.321 e. The van der Waals surface area contributed by atoms with Crippen molar-refractivity contribution in [3.05, 3.63) is 40.2 Å². The molecule has 3 rings (SSSR count). The van der Waals surface area contributed by atoms with E-state index in [1.165, 1.54) is 11.3 Å². The number of rotatable bonds is 3. The highest BCUT2D eigenvalue weighted by Crippen LogP contribution is 2.29. The Labute approximate surface area is 138 Å². The van der Waals surface area contributed by atoms with E-state index >= 15 is 0 Å². The number of nitrogens with one attached hydrogen (secondary N) is 2. The van der Waals surface area contributed by atoms with Gasteiger partial charge >= 0.3 is 6.03 Å². The van der Waals surface area contributed by atoms with Crippen LogP contribution in [0.5, 0.6) is 0 Å². The lowest BCUT2D eigenvalue weighted by atomic mass is 10.2. The molecular weight excluding hydrogens is 336 g/mol. The molecule has 0 aromatic carbocycles. The van der Waals surface area contributed by atoms with E-state index in [2.05, 4.69) is 20.6 Å². The summed E-state index contributed by atoms with van der Waals surface area (Å²) < 4.78 is 23.2. The van der Waals surface area contributed by atoms with E-state index in [0.717, 1.165) is 21.8 Å². The zero-order valence-electron chi connectivity index (χ0n) is 12.5. The molecule has 3 heterocycles. The van der Waals surface area contributed by atoms with Gasteiger partial charge in [0.1, 0.15) is 0 Å². The Morgan fingerprint density at radius 3 is 3.04 bits per heavy atom. The van der Waals surface area contributed by atoms with E-state index in [1.807, 2.05) is 19.1 Å². The fraction of sp³-hybridized carbons (Fsp3) is 0.357. The second-order valence-electron chi connectivity index (χ2n) is 5.29. The molecule has 0 saturated carbocycles. The molecule has 9 heteroatoms. The van der Waals surface area contributed by atoms with Gasteiger partial charge in [-0.05, 0) is 18.6 Å². The van der Waals surface area contributed by atoms with Crippen molar-refractivity contribution in [2.75, 3.05) is 11.1 Å². The average Bonchev–Trinajstić information content (AvgIpc) is 2.86. The fourth-order valence-corrected chi connectivity index (χ4v) is 5.08. The quantitative estimate of drug-likeness (QED) is 0.874. The van der Waals surface area contributed by atoms with Crippen LogP contribution in [0.3, 0.4) is 0 Å². The maximum Gasteiger partial charge on any atom is 0.321 e. The third-order valence-corrected chi connectivity index (χ3v) is 6.31. The Morgan fingerprint density at radius 1 is 1.43 bits per heavy atom. The molecule has 23 heavy (non-hydrogen) atoms. The van der Waals surface area contributed by atoms with Crippen molar-refractivity contribution in [3.63, 3.8) is 0 Å². The standard InChI is InChI=1S/C14H16N4O3S2/c1-9-10(3-2-5-15-9)7-16-13(19)18-14-17-11-4-6-23(20,21)8-12(11)22-14/h2-3,5H,4,6-8H2,1H3,(H2,16,17,18,19). The number of aryl methyl sites for hydroxylation is 2. The number of amides is 2. The normalized spacial score (nSPS) is 15.7. The van der Waals surface area contributed by atoms with Crippen LogP contribution >= 0.6 is 11.3 Å². The molecule has 2 aromatic heterocycles. The molecule has 2 N–H and O–H groups in total. The molecule has 0 unspecified atom stereocenters. The number of pyridine rings is 1. The third-order valence-electron chi connectivity index (χ3n) is 3.56. The van der Waals surface area contributed by atoms with Gasteiger partial charge < -0.3 is 5.32 Å². The van der Waals surface area contributed by atoms with Crippen molar-refractivity contribution in [2.45, 2.75) is 25.6 Å². The van der Waals surface area contributed by atoms with Gasteiger partial charge in [-0.2, -0.15) is 0 Å². The monoisotopic (exact) mass is 352 g/mol. The number of nitrogens with zero attached hydrogens (tertiary/aromatic N) is 2. The maximum atomic E-state index is 11.9. The molecule has 2 amide bonds. The molecule has 0 saturated heterocycles. The first-order valence-corrected chi connectivity index (χ1v) is 9.71. The highest BCUT2D eigenvalue weighted by atomic mass is 32.2. The number of hydrogen-bond acceptors (Lipinski definition) is 6. The molecule has 1 aliphatic rings. The van der Waals surface area contributed by atoms with Crippen molar-refractivity contribution >= 4 is 32.3 Å². The van der Waals surface area contributed by atoms with E-state index in [9.17, 15) is 13.2 Å². The summed E-state index contributed by atoms with van der Waals surface area (Å²) in [5, 5.41) is 5.83. The zero-order valence-corrected chi connectivity index (χ0v) is 14.1. The minimum absolute atomic E-state index is 0.0121. The molecule has 0 atom stereocenters. The molecule has 2 aromatic rings. The first-order chi connectivity index (χ1) is 10.9. The number of anilines is 1. The van der Waals surface area contributed by atoms with Crippen molar-refractivity contribution < 1.29 is 13.2 Å². The maximum absolute atomic E-state index is 11.9. The molecule has 0 spiro atoms. The average molecular weight is 352 g/mol. The number of aromatic nitrogens is 2. The van der Waals surface area contributed by atoms with Crippen LogP contribution in [0.4, 0.5) is 9.93 Å². The van der Waals surface area contributed by atoms with Gasteiger partial charge in [0, 0.05) is 29.7 Å². The Balaban J connectivity index is 1.61. The largest absolute Gasteiger partial charge is 0.334 e. The van der Waals surface area contributed by atoms with Gasteiger partial charge in [0.15, 0.2) is 15.0 Å². The van der Waals surface area contributed by atoms with Gasteiger partial charge in [-0.25, -0.2) is 18.2 Å². The lowest BCUT2D eigenvalue weighted by Gasteiger charge is -2.08. The SMILES string of the molecule is Cc1ncccc1CNC(=O)Nc1nc2c(s1)CS(=O)(=O)CC2. The van der Waals surface area contributed by atoms with Gasteiger partial charge in [-0.1, -0.05) is 6.07 Å². The highest BCUT2D eigenvalue weighted by Gasteiger charge is 2.25. The Hall–Kier alpha value is -2.00. The number of urea groups is 1. The number of sulfone groups is 1. The zero-order chi connectivity index (χ0) is 16.4. The van der Waals surface area contributed by atoms with Crippen LogP contribution in [-0.4, -0.2) is 30.2 Å². The first kappa shape index (κ1) is 15.9. The number of hydrogen-bond donors (Lipinski definition) is 2. The third kappa shape index (κ3) is 3.85. The fourth-order valence-electron chi connectivity index (χ4n) is 2.29. The molecule has 7 nitrogen and oxygen atoms in total. The molecular formula is C14H16N4O3S2. The Morgan fingerprint density at radius 2 is 2.26 bits per heavy atom. The summed E-state index contributed by atoms with van der Waals surface area (Å²) in [7, 11) is -3.03. The molecule has 0 fully saturated rings. The minimum Gasteiger partial charge on any atom is -0.334 e. The number of thiazole rings is 1. The van der Waals surface area contributed by atoms with Crippen LogP contribution in [-0.2, 0) is 28.6 Å². The van der Waals surface area contributed by atoms with Crippen molar-refractivity contribution in [1.82, 2.24) is 15.3 Å². The molecule has 0 bridgehead atoms. The summed E-state index contributed by atoms with van der Waals surface area (Å²) in [4.78, 5) is 21.1. The van der Waals surface area contributed by atoms with Gasteiger partial charge in [0.25, 0.3) is 0 Å². The van der Waals surface area contributed by atoms with E-state index < -0.39 is 9.84 Å². The van der Waals surface area contributed by atoms with Gasteiger partial charge in [0.2, 0.25) is 0 Å².